The average Bonchev–Trinajstić information content (AvgIpc) is 3.21. The van der Waals surface area contributed by atoms with Crippen molar-refractivity contribution < 1.29 is 14.3 Å². The minimum absolute atomic E-state index is 0.229. The molecule has 0 amide bonds. The number of nitrogens with zero attached hydrogens (tertiary/aromatic N) is 3. The van der Waals surface area contributed by atoms with Gasteiger partial charge in [0.15, 0.2) is 0 Å². The number of ether oxygens (including phenoxy) is 2. The number of esters is 1. The van der Waals surface area contributed by atoms with Crippen LogP contribution in [0.2, 0.25) is 0 Å². The summed E-state index contributed by atoms with van der Waals surface area (Å²) in [7, 11) is 0. The third-order valence-corrected chi connectivity index (χ3v) is 3.61. The fourth-order valence-electron chi connectivity index (χ4n) is 2.54. The van der Waals surface area contributed by atoms with Gasteiger partial charge in [-0.1, -0.05) is 0 Å². The monoisotopic (exact) mass is 316 g/mol. The van der Waals surface area contributed by atoms with Crippen LogP contribution in [0.25, 0.3) is 0 Å². The first-order valence-electron chi connectivity index (χ1n) is 7.79. The quantitative estimate of drug-likeness (QED) is 0.824. The average molecular weight is 316 g/mol. The largest absolute Gasteiger partial charge is 0.462 e. The van der Waals surface area contributed by atoms with Crippen LogP contribution in [0, 0.1) is 0 Å². The predicted octanol–water partition coefficient (Wildman–Crippen LogP) is 2.38. The van der Waals surface area contributed by atoms with Crippen molar-refractivity contribution in [1.82, 2.24) is 14.8 Å². The van der Waals surface area contributed by atoms with Gasteiger partial charge >= 0.3 is 5.97 Å². The van der Waals surface area contributed by atoms with E-state index in [1.165, 1.54) is 0 Å². The molecule has 0 radical (unpaired) electrons. The van der Waals surface area contributed by atoms with Gasteiger partial charge in [-0.2, -0.15) is 5.10 Å². The third kappa shape index (κ3) is 3.87. The Morgan fingerprint density at radius 2 is 2.48 bits per heavy atom. The molecule has 0 aliphatic carbocycles. The molecule has 0 bridgehead atoms. The summed E-state index contributed by atoms with van der Waals surface area (Å²) in [6.45, 7) is 3.66. The molecule has 7 nitrogen and oxygen atoms in total. The molecular weight excluding hydrogens is 296 g/mol. The first kappa shape index (κ1) is 15.5. The number of anilines is 2. The maximum atomic E-state index is 12.0. The van der Waals surface area contributed by atoms with Crippen molar-refractivity contribution in [3.05, 3.63) is 36.3 Å². The Bertz CT molecular complexity index is 665. The molecule has 1 atom stereocenters. The van der Waals surface area contributed by atoms with Gasteiger partial charge in [-0.3, -0.25) is 4.68 Å². The number of nitrogens with one attached hydrogen (secondary N) is 1. The Hall–Kier alpha value is -2.41. The lowest BCUT2D eigenvalue weighted by molar-refractivity contribution is 0.0527. The standard InChI is InChI=1S/C16H20N4O3/c1-2-22-16(21)14-6-3-7-17-15(14)19-12-9-18-20(10-12)11-13-5-4-8-23-13/h3,6-7,9-10,13H,2,4-5,8,11H2,1H3,(H,17,19). The number of hydrogen-bond acceptors (Lipinski definition) is 6. The van der Waals surface area contributed by atoms with Crippen LogP contribution in [0.1, 0.15) is 30.1 Å². The summed E-state index contributed by atoms with van der Waals surface area (Å²) in [5.74, 6) is 0.0671. The van der Waals surface area contributed by atoms with E-state index in [1.807, 2.05) is 10.9 Å². The van der Waals surface area contributed by atoms with Crippen LogP contribution in [-0.4, -0.2) is 40.1 Å². The highest BCUT2D eigenvalue weighted by molar-refractivity contribution is 5.95. The van der Waals surface area contributed by atoms with E-state index >= 15 is 0 Å². The molecule has 3 heterocycles. The van der Waals surface area contributed by atoms with Crippen molar-refractivity contribution in [3.8, 4) is 0 Å². The molecule has 1 saturated heterocycles. The molecule has 1 unspecified atom stereocenters. The topological polar surface area (TPSA) is 78.3 Å². The Morgan fingerprint density at radius 3 is 3.26 bits per heavy atom. The smallest absolute Gasteiger partial charge is 0.341 e. The van der Waals surface area contributed by atoms with Gasteiger partial charge in [-0.25, -0.2) is 9.78 Å². The SMILES string of the molecule is CCOC(=O)c1cccnc1Nc1cnn(CC2CCCO2)c1. The minimum Gasteiger partial charge on any atom is -0.462 e. The second-order valence-electron chi connectivity index (χ2n) is 5.33. The fourth-order valence-corrected chi connectivity index (χ4v) is 2.54. The lowest BCUT2D eigenvalue weighted by Crippen LogP contribution is -2.15. The Kier molecular flexibility index (Phi) is 4.87. The zero-order valence-electron chi connectivity index (χ0n) is 13.1. The van der Waals surface area contributed by atoms with Gasteiger partial charge in [0.25, 0.3) is 0 Å². The lowest BCUT2D eigenvalue weighted by atomic mass is 10.2. The van der Waals surface area contributed by atoms with Crippen molar-refractivity contribution in [3.63, 3.8) is 0 Å². The summed E-state index contributed by atoms with van der Waals surface area (Å²) < 4.78 is 12.5. The van der Waals surface area contributed by atoms with Crippen molar-refractivity contribution in [1.29, 1.82) is 0 Å². The predicted molar refractivity (Wildman–Crippen MR) is 84.7 cm³/mol. The molecule has 2 aromatic rings. The number of aromatic nitrogens is 3. The van der Waals surface area contributed by atoms with Crippen LogP contribution < -0.4 is 5.32 Å². The maximum Gasteiger partial charge on any atom is 0.341 e. The van der Waals surface area contributed by atoms with Crippen molar-refractivity contribution in [2.24, 2.45) is 0 Å². The minimum atomic E-state index is -0.394. The molecule has 3 rings (SSSR count). The van der Waals surface area contributed by atoms with Gasteiger partial charge in [0.1, 0.15) is 11.4 Å². The number of pyridine rings is 1. The number of carbonyl (C=O) groups is 1. The van der Waals surface area contributed by atoms with Crippen molar-refractivity contribution in [2.75, 3.05) is 18.5 Å². The first-order valence-corrected chi connectivity index (χ1v) is 7.79. The van der Waals surface area contributed by atoms with E-state index in [9.17, 15) is 4.79 Å². The summed E-state index contributed by atoms with van der Waals surface area (Å²) in [5.41, 5.74) is 1.17. The highest BCUT2D eigenvalue weighted by Crippen LogP contribution is 2.20. The van der Waals surface area contributed by atoms with Crippen LogP contribution in [0.5, 0.6) is 0 Å². The highest BCUT2D eigenvalue weighted by atomic mass is 16.5. The molecular formula is C16H20N4O3. The van der Waals surface area contributed by atoms with Crippen LogP contribution in [-0.2, 0) is 16.0 Å². The number of rotatable bonds is 6. The summed E-state index contributed by atoms with van der Waals surface area (Å²) in [6.07, 6.45) is 7.61. The van der Waals surface area contributed by atoms with E-state index in [2.05, 4.69) is 15.4 Å². The van der Waals surface area contributed by atoms with E-state index < -0.39 is 5.97 Å². The van der Waals surface area contributed by atoms with Crippen LogP contribution in [0.15, 0.2) is 30.7 Å². The molecule has 0 aromatic carbocycles. The van der Waals surface area contributed by atoms with Crippen LogP contribution in [0.3, 0.4) is 0 Å². The summed E-state index contributed by atoms with van der Waals surface area (Å²) in [5, 5.41) is 7.44. The second-order valence-corrected chi connectivity index (χ2v) is 5.33. The van der Waals surface area contributed by atoms with Gasteiger partial charge in [0.2, 0.25) is 0 Å². The Morgan fingerprint density at radius 1 is 1.57 bits per heavy atom. The number of hydrogen-bond donors (Lipinski definition) is 1. The van der Waals surface area contributed by atoms with Gasteiger partial charge < -0.3 is 14.8 Å². The van der Waals surface area contributed by atoms with E-state index in [4.69, 9.17) is 9.47 Å². The Labute approximate surface area is 134 Å². The van der Waals surface area contributed by atoms with Crippen molar-refractivity contribution in [2.45, 2.75) is 32.4 Å². The second kappa shape index (κ2) is 7.23. The summed E-state index contributed by atoms with van der Waals surface area (Å²) in [6, 6.07) is 3.39. The zero-order chi connectivity index (χ0) is 16.1. The molecule has 122 valence electrons. The Balaban J connectivity index is 1.69. The molecule has 23 heavy (non-hydrogen) atoms. The normalized spacial score (nSPS) is 17.2. The van der Waals surface area contributed by atoms with Crippen LogP contribution >= 0.6 is 0 Å². The van der Waals surface area contributed by atoms with E-state index in [0.29, 0.717) is 18.0 Å². The van der Waals surface area contributed by atoms with Gasteiger partial charge in [0, 0.05) is 19.0 Å². The zero-order valence-corrected chi connectivity index (χ0v) is 13.1. The van der Waals surface area contributed by atoms with Crippen LogP contribution in [0.4, 0.5) is 11.5 Å². The summed E-state index contributed by atoms with van der Waals surface area (Å²) in [4.78, 5) is 16.2. The molecule has 1 N–H and O–H groups in total. The highest BCUT2D eigenvalue weighted by Gasteiger charge is 2.17. The molecule has 1 aliphatic rings. The molecule has 2 aromatic heterocycles. The fraction of sp³-hybridized carbons (Fsp3) is 0.438. The van der Waals surface area contributed by atoms with Gasteiger partial charge in [-0.05, 0) is 31.9 Å². The van der Waals surface area contributed by atoms with Gasteiger partial charge in [-0.15, -0.1) is 0 Å². The molecule has 7 heteroatoms. The maximum absolute atomic E-state index is 12.0. The lowest BCUT2D eigenvalue weighted by Gasteiger charge is -2.09. The number of carbonyl (C=O) groups excluding carboxylic acids is 1. The van der Waals surface area contributed by atoms with Crippen molar-refractivity contribution >= 4 is 17.5 Å². The van der Waals surface area contributed by atoms with E-state index in [-0.39, 0.29) is 6.10 Å². The molecule has 1 fully saturated rings. The van der Waals surface area contributed by atoms with E-state index in [1.54, 1.807) is 31.5 Å². The van der Waals surface area contributed by atoms with E-state index in [0.717, 1.165) is 31.7 Å². The van der Waals surface area contributed by atoms with Gasteiger partial charge in [0.05, 0.1) is 31.1 Å². The first-order chi connectivity index (χ1) is 11.3. The third-order valence-electron chi connectivity index (χ3n) is 3.61. The molecule has 0 spiro atoms. The summed E-state index contributed by atoms with van der Waals surface area (Å²) >= 11 is 0. The molecule has 0 saturated carbocycles. The molecule has 1 aliphatic heterocycles.